The summed E-state index contributed by atoms with van der Waals surface area (Å²) in [4.78, 5) is 0. The molecule has 0 radical (unpaired) electrons. The van der Waals surface area contributed by atoms with Crippen molar-refractivity contribution in [2.45, 2.75) is 52.4 Å². The molecule has 0 atom stereocenters. The largest absolute Gasteiger partial charge is 0.308 e. The van der Waals surface area contributed by atoms with Crippen LogP contribution in [0.1, 0.15) is 58.2 Å². The maximum atomic E-state index is 9.49. The molecule has 0 fully saturated rings. The zero-order valence-corrected chi connectivity index (χ0v) is 32.3. The Morgan fingerprint density at radius 3 is 1.20 bits per heavy atom. The molecule has 0 unspecified atom stereocenters. The second-order valence-electron chi connectivity index (χ2n) is 17.5. The van der Waals surface area contributed by atoms with Crippen LogP contribution in [-0.2, 0) is 10.8 Å². The van der Waals surface area contributed by atoms with Crippen molar-refractivity contribution in [1.29, 1.82) is 5.26 Å². The van der Waals surface area contributed by atoms with E-state index in [-0.39, 0.29) is 10.8 Å². The third kappa shape index (κ3) is 5.37. The third-order valence-electron chi connectivity index (χ3n) is 11.8. The van der Waals surface area contributed by atoms with Crippen LogP contribution < -0.4 is 0 Å². The van der Waals surface area contributed by atoms with Gasteiger partial charge in [-0.3, -0.25) is 0 Å². The van der Waals surface area contributed by atoms with Crippen LogP contribution in [0.4, 0.5) is 0 Å². The lowest BCUT2D eigenvalue weighted by molar-refractivity contribution is 0.590. The normalized spacial score (nSPS) is 12.5. The van der Waals surface area contributed by atoms with Crippen molar-refractivity contribution in [3.8, 4) is 39.4 Å². The van der Waals surface area contributed by atoms with Gasteiger partial charge in [0, 0.05) is 21.5 Å². The molecule has 0 bridgehead atoms. The van der Waals surface area contributed by atoms with Crippen LogP contribution in [0.25, 0.3) is 93.0 Å². The second kappa shape index (κ2) is 11.8. The van der Waals surface area contributed by atoms with E-state index < -0.39 is 0 Å². The summed E-state index contributed by atoms with van der Waals surface area (Å²) in [5.74, 6) is 0. The average Bonchev–Trinajstić information content (AvgIpc) is 3.68. The number of fused-ring (bicyclic) bond motifs is 8. The van der Waals surface area contributed by atoms with E-state index in [0.717, 1.165) is 11.1 Å². The van der Waals surface area contributed by atoms with Gasteiger partial charge in [0.1, 0.15) is 0 Å². The van der Waals surface area contributed by atoms with Gasteiger partial charge in [0.25, 0.3) is 0 Å². The molecule has 2 heteroatoms. The molecule has 8 aromatic carbocycles. The molecule has 10 aromatic rings. The highest BCUT2D eigenvalue weighted by Gasteiger charge is 2.21. The lowest BCUT2D eigenvalue weighted by Crippen LogP contribution is -2.10. The van der Waals surface area contributed by atoms with Crippen LogP contribution in [0.5, 0.6) is 0 Å². The van der Waals surface area contributed by atoms with Crippen LogP contribution in [-0.4, -0.2) is 4.40 Å². The molecular weight excluding hydrogens is 665 g/mol. The lowest BCUT2D eigenvalue weighted by Gasteiger charge is -2.19. The molecular formula is C53H42N2. The Hall–Kier alpha value is -6.43. The average molecular weight is 707 g/mol. The fourth-order valence-electron chi connectivity index (χ4n) is 8.62. The standard InChI is InChI=1S/C53H42N2/c1-52(2,3)43-19-15-33(16-20-43)36-11-13-38-25-45-47-27-42(35-9-7-32(31-54)8-10-35)28-48-46-26-39-14-12-37(34-17-21-44(22-18-34)53(4,5)6)24-41(39)30-50(46)55(51(47)48)49(45)29-40(38)23-36/h7-30H,1-6H3. The van der Waals surface area contributed by atoms with Gasteiger partial charge in [-0.2, -0.15) is 5.26 Å². The number of hydrogen-bond acceptors (Lipinski definition) is 1. The van der Waals surface area contributed by atoms with E-state index in [4.69, 9.17) is 0 Å². The Morgan fingerprint density at radius 1 is 0.382 bits per heavy atom. The summed E-state index contributed by atoms with van der Waals surface area (Å²) in [7, 11) is 0. The molecule has 264 valence electrons. The van der Waals surface area contributed by atoms with Crippen LogP contribution in [0.2, 0.25) is 0 Å². The fourth-order valence-corrected chi connectivity index (χ4v) is 8.62. The van der Waals surface area contributed by atoms with Gasteiger partial charge < -0.3 is 4.40 Å². The lowest BCUT2D eigenvalue weighted by atomic mass is 9.86. The molecule has 0 spiro atoms. The summed E-state index contributed by atoms with van der Waals surface area (Å²) in [5.41, 5.74) is 14.5. The zero-order chi connectivity index (χ0) is 37.8. The van der Waals surface area contributed by atoms with Crippen LogP contribution in [0, 0.1) is 11.3 Å². The van der Waals surface area contributed by atoms with Crippen molar-refractivity contribution < 1.29 is 0 Å². The molecule has 2 heterocycles. The SMILES string of the molecule is CC(C)(C)c1ccc(-c2ccc3cc4c5cc(-c6ccc(C#N)cc6)cc6c7cc8ccc(-c9ccc(C(C)(C)C)cc9)cc8cc7n(c4cc3c2)c56)cc1. The molecule has 10 rings (SSSR count). The predicted molar refractivity (Wildman–Crippen MR) is 235 cm³/mol. The fraction of sp³-hybridized carbons (Fsp3) is 0.151. The van der Waals surface area contributed by atoms with Gasteiger partial charge in [-0.15, -0.1) is 0 Å². The summed E-state index contributed by atoms with van der Waals surface area (Å²) < 4.78 is 2.51. The number of aromatic nitrogens is 1. The predicted octanol–water partition coefficient (Wildman–Crippen LogP) is 14.6. The minimum absolute atomic E-state index is 0.118. The molecule has 0 aliphatic rings. The maximum Gasteiger partial charge on any atom is 0.0991 e. The molecule has 0 aliphatic heterocycles. The highest BCUT2D eigenvalue weighted by atomic mass is 14.9. The first-order valence-corrected chi connectivity index (χ1v) is 19.3. The number of hydrogen-bond donors (Lipinski definition) is 0. The smallest absolute Gasteiger partial charge is 0.0991 e. The Labute approximate surface area is 322 Å². The summed E-state index contributed by atoms with van der Waals surface area (Å²) in [5, 5.41) is 19.4. The van der Waals surface area contributed by atoms with Gasteiger partial charge in [0.15, 0.2) is 0 Å². The second-order valence-corrected chi connectivity index (χ2v) is 17.5. The van der Waals surface area contributed by atoms with Gasteiger partial charge >= 0.3 is 0 Å². The summed E-state index contributed by atoms with van der Waals surface area (Å²) in [6, 6.07) is 56.4. The first-order valence-electron chi connectivity index (χ1n) is 19.3. The third-order valence-corrected chi connectivity index (χ3v) is 11.8. The van der Waals surface area contributed by atoms with E-state index in [2.05, 4.69) is 185 Å². The molecule has 0 N–H and O–H groups in total. The number of nitriles is 1. The summed E-state index contributed by atoms with van der Waals surface area (Å²) in [6.45, 7) is 13.6. The molecule has 2 nitrogen and oxygen atoms in total. The molecule has 0 aliphatic carbocycles. The highest BCUT2D eigenvalue weighted by molar-refractivity contribution is 6.27. The summed E-state index contributed by atoms with van der Waals surface area (Å²) in [6.07, 6.45) is 0. The van der Waals surface area contributed by atoms with Crippen molar-refractivity contribution in [2.75, 3.05) is 0 Å². The first-order chi connectivity index (χ1) is 26.4. The van der Waals surface area contributed by atoms with E-state index in [1.54, 1.807) is 0 Å². The Balaban J connectivity index is 1.21. The Morgan fingerprint density at radius 2 is 0.782 bits per heavy atom. The monoisotopic (exact) mass is 706 g/mol. The van der Waals surface area contributed by atoms with Crippen LogP contribution >= 0.6 is 0 Å². The quantitative estimate of drug-likeness (QED) is 0.180. The molecule has 0 saturated carbocycles. The van der Waals surface area contributed by atoms with Gasteiger partial charge in [-0.25, -0.2) is 0 Å². The molecule has 2 aromatic heterocycles. The van der Waals surface area contributed by atoms with Crippen molar-refractivity contribution in [1.82, 2.24) is 4.40 Å². The van der Waals surface area contributed by atoms with Gasteiger partial charge in [0.05, 0.1) is 28.2 Å². The maximum absolute atomic E-state index is 9.49. The van der Waals surface area contributed by atoms with E-state index in [9.17, 15) is 5.26 Å². The summed E-state index contributed by atoms with van der Waals surface area (Å²) >= 11 is 0. The number of rotatable bonds is 3. The minimum Gasteiger partial charge on any atom is -0.308 e. The van der Waals surface area contributed by atoms with Crippen molar-refractivity contribution in [3.63, 3.8) is 0 Å². The zero-order valence-electron chi connectivity index (χ0n) is 32.3. The van der Waals surface area contributed by atoms with Crippen LogP contribution in [0.3, 0.4) is 0 Å². The first kappa shape index (κ1) is 33.2. The number of nitrogens with zero attached hydrogens (tertiary/aromatic N) is 2. The van der Waals surface area contributed by atoms with E-state index in [1.165, 1.54) is 93.0 Å². The van der Waals surface area contributed by atoms with E-state index >= 15 is 0 Å². The molecule has 0 saturated heterocycles. The van der Waals surface area contributed by atoms with Gasteiger partial charge in [-0.1, -0.05) is 126 Å². The topological polar surface area (TPSA) is 28.2 Å². The van der Waals surface area contributed by atoms with E-state index in [1.807, 2.05) is 12.1 Å². The van der Waals surface area contributed by atoms with Gasteiger partial charge in [-0.05, 0) is 138 Å². The van der Waals surface area contributed by atoms with Crippen LogP contribution in [0.15, 0.2) is 146 Å². The molecule has 0 amide bonds. The van der Waals surface area contributed by atoms with E-state index in [0.29, 0.717) is 5.56 Å². The highest BCUT2D eigenvalue weighted by Crippen LogP contribution is 2.44. The Kier molecular flexibility index (Phi) is 7.10. The van der Waals surface area contributed by atoms with Crippen molar-refractivity contribution in [3.05, 3.63) is 162 Å². The van der Waals surface area contributed by atoms with Crippen molar-refractivity contribution >= 4 is 59.6 Å². The molecule has 55 heavy (non-hydrogen) atoms. The number of benzene rings is 8. The minimum atomic E-state index is 0.118. The van der Waals surface area contributed by atoms with Gasteiger partial charge in [0.2, 0.25) is 0 Å². The Bertz CT molecular complexity index is 2990. The van der Waals surface area contributed by atoms with Crippen molar-refractivity contribution in [2.24, 2.45) is 0 Å².